The molecule has 0 unspecified atom stereocenters. The maximum atomic E-state index is 13.4. The second-order valence-corrected chi connectivity index (χ2v) is 9.70. The number of benzene rings is 4. The Morgan fingerprint density at radius 2 is 1.56 bits per heavy atom. The summed E-state index contributed by atoms with van der Waals surface area (Å²) in [4.78, 5) is 18.3. The number of halogens is 2. The summed E-state index contributed by atoms with van der Waals surface area (Å²) in [5, 5.41) is 1.74. The molecule has 178 valence electrons. The average Bonchev–Trinajstić information content (AvgIpc) is 2.85. The molecule has 5 heteroatoms. The van der Waals surface area contributed by atoms with Crippen molar-refractivity contribution in [3.05, 3.63) is 129 Å². The number of aromatic nitrogens is 1. The molecule has 0 atom stereocenters. The second kappa shape index (κ2) is 10.1. The summed E-state index contributed by atoms with van der Waals surface area (Å²) in [7, 11) is 0. The zero-order valence-corrected chi connectivity index (χ0v) is 21.4. The Hall–Kier alpha value is -3.66. The fourth-order valence-electron chi connectivity index (χ4n) is 4.35. The minimum Gasteiger partial charge on any atom is -0.423 e. The zero-order chi connectivity index (χ0) is 25.2. The molecule has 36 heavy (non-hydrogen) atoms. The zero-order valence-electron chi connectivity index (χ0n) is 19.9. The Labute approximate surface area is 220 Å². The molecule has 0 aliphatic heterocycles. The third-order valence-corrected chi connectivity index (χ3v) is 6.61. The van der Waals surface area contributed by atoms with Gasteiger partial charge >= 0.3 is 5.97 Å². The predicted octanol–water partition coefficient (Wildman–Crippen LogP) is 8.64. The number of aryl methyl sites for hydroxylation is 2. The number of carbonyl (C=O) groups is 1. The monoisotopic (exact) mass is 511 g/mol. The van der Waals surface area contributed by atoms with Crippen molar-refractivity contribution >= 4 is 40.1 Å². The van der Waals surface area contributed by atoms with Crippen molar-refractivity contribution in [2.24, 2.45) is 0 Å². The Morgan fingerprint density at radius 3 is 2.28 bits per heavy atom. The molecule has 0 aliphatic rings. The molecule has 0 aliphatic carbocycles. The third kappa shape index (κ3) is 5.13. The van der Waals surface area contributed by atoms with E-state index in [1.807, 2.05) is 74.5 Å². The Balaban J connectivity index is 1.50. The Bertz CT molecular complexity index is 1580. The van der Waals surface area contributed by atoms with E-state index < -0.39 is 5.97 Å². The fraction of sp³-hybridized carbons (Fsp3) is 0.0968. The van der Waals surface area contributed by atoms with Crippen LogP contribution < -0.4 is 4.74 Å². The van der Waals surface area contributed by atoms with Crippen LogP contribution in [0.2, 0.25) is 10.0 Å². The molecule has 1 aromatic heterocycles. The topological polar surface area (TPSA) is 39.2 Å². The summed E-state index contributed by atoms with van der Waals surface area (Å²) in [6, 6.07) is 28.8. The lowest BCUT2D eigenvalue weighted by molar-refractivity contribution is 0.0737. The van der Waals surface area contributed by atoms with Gasteiger partial charge in [0.05, 0.1) is 21.8 Å². The van der Waals surface area contributed by atoms with Crippen molar-refractivity contribution in [1.82, 2.24) is 4.98 Å². The lowest BCUT2D eigenvalue weighted by Gasteiger charge is -2.13. The van der Waals surface area contributed by atoms with Crippen molar-refractivity contribution in [1.29, 1.82) is 0 Å². The van der Waals surface area contributed by atoms with Crippen LogP contribution in [-0.4, -0.2) is 11.0 Å². The molecule has 0 amide bonds. The van der Waals surface area contributed by atoms with Crippen LogP contribution in [-0.2, 0) is 6.42 Å². The first kappa shape index (κ1) is 24.1. The number of pyridine rings is 1. The quantitative estimate of drug-likeness (QED) is 0.175. The number of esters is 1. The summed E-state index contributed by atoms with van der Waals surface area (Å²) >= 11 is 12.6. The van der Waals surface area contributed by atoms with Crippen molar-refractivity contribution in [3.8, 4) is 17.0 Å². The first-order valence-electron chi connectivity index (χ1n) is 11.6. The Morgan fingerprint density at radius 1 is 0.833 bits per heavy atom. The first-order valence-corrected chi connectivity index (χ1v) is 12.4. The lowest BCUT2D eigenvalue weighted by Crippen LogP contribution is -2.10. The van der Waals surface area contributed by atoms with Gasteiger partial charge in [0.1, 0.15) is 5.75 Å². The van der Waals surface area contributed by atoms with Gasteiger partial charge in [0.25, 0.3) is 0 Å². The van der Waals surface area contributed by atoms with Crippen molar-refractivity contribution in [2.75, 3.05) is 0 Å². The lowest BCUT2D eigenvalue weighted by atomic mass is 10.00. The molecule has 1 heterocycles. The highest BCUT2D eigenvalue weighted by molar-refractivity contribution is 6.36. The van der Waals surface area contributed by atoms with Gasteiger partial charge in [0.15, 0.2) is 0 Å². The smallest absolute Gasteiger partial charge is 0.344 e. The number of ether oxygens (including phenoxy) is 1. The first-order chi connectivity index (χ1) is 17.4. The summed E-state index contributed by atoms with van der Waals surface area (Å²) in [6.45, 7) is 3.98. The van der Waals surface area contributed by atoms with Crippen LogP contribution in [0.1, 0.15) is 32.6 Å². The number of rotatable bonds is 5. The molecule has 3 nitrogen and oxygen atoms in total. The summed E-state index contributed by atoms with van der Waals surface area (Å²) in [6.07, 6.45) is 0.813. The molecule has 5 rings (SSSR count). The van der Waals surface area contributed by atoms with E-state index in [1.165, 1.54) is 5.56 Å². The van der Waals surface area contributed by atoms with E-state index in [2.05, 4.69) is 12.1 Å². The van der Waals surface area contributed by atoms with Crippen LogP contribution in [0.5, 0.6) is 5.75 Å². The number of nitrogens with zero attached hydrogens (tertiary/aromatic N) is 1. The highest BCUT2D eigenvalue weighted by Crippen LogP contribution is 2.33. The number of hydrogen-bond donors (Lipinski definition) is 0. The van der Waals surface area contributed by atoms with Crippen LogP contribution in [0.3, 0.4) is 0 Å². The molecule has 0 saturated carbocycles. The van der Waals surface area contributed by atoms with E-state index in [9.17, 15) is 4.79 Å². The predicted molar refractivity (Wildman–Crippen MR) is 147 cm³/mol. The van der Waals surface area contributed by atoms with Crippen LogP contribution in [0.25, 0.3) is 22.2 Å². The van der Waals surface area contributed by atoms with E-state index in [0.29, 0.717) is 32.6 Å². The van der Waals surface area contributed by atoms with Gasteiger partial charge in [-0.1, -0.05) is 77.3 Å². The second-order valence-electron chi connectivity index (χ2n) is 8.85. The fourth-order valence-corrected chi connectivity index (χ4v) is 4.86. The van der Waals surface area contributed by atoms with E-state index in [1.54, 1.807) is 18.2 Å². The standard InChI is InChI=1S/C31H23Cl2NO2/c1-19-14-20(2)30-26(15-19)27(18-29(34-30)25-13-10-23(32)17-28(25)33)31(35)36-24-11-8-22(9-12-24)16-21-6-4-3-5-7-21/h3-15,17-18H,16H2,1-2H3. The maximum Gasteiger partial charge on any atom is 0.344 e. The highest BCUT2D eigenvalue weighted by Gasteiger charge is 2.19. The van der Waals surface area contributed by atoms with Crippen molar-refractivity contribution in [3.63, 3.8) is 0 Å². The average molecular weight is 512 g/mol. The SMILES string of the molecule is Cc1cc(C)c2nc(-c3ccc(Cl)cc3Cl)cc(C(=O)Oc3ccc(Cc4ccccc4)cc3)c2c1. The molecule has 5 aromatic rings. The van der Waals surface area contributed by atoms with E-state index in [4.69, 9.17) is 32.9 Å². The number of fused-ring (bicyclic) bond motifs is 1. The summed E-state index contributed by atoms with van der Waals surface area (Å²) in [5.74, 6) is 0.0340. The Kier molecular flexibility index (Phi) is 6.77. The van der Waals surface area contributed by atoms with E-state index in [-0.39, 0.29) is 0 Å². The minimum absolute atomic E-state index is 0.432. The van der Waals surface area contributed by atoms with Crippen LogP contribution in [0, 0.1) is 13.8 Å². The largest absolute Gasteiger partial charge is 0.423 e. The number of carbonyl (C=O) groups excluding carboxylic acids is 1. The van der Waals surface area contributed by atoms with Crippen LogP contribution in [0.4, 0.5) is 0 Å². The molecule has 4 aromatic carbocycles. The summed E-state index contributed by atoms with van der Waals surface area (Å²) < 4.78 is 5.81. The van der Waals surface area contributed by atoms with Crippen molar-refractivity contribution in [2.45, 2.75) is 20.3 Å². The minimum atomic E-state index is -0.449. The van der Waals surface area contributed by atoms with Gasteiger partial charge in [0, 0.05) is 16.0 Å². The number of hydrogen-bond acceptors (Lipinski definition) is 3. The van der Waals surface area contributed by atoms with Gasteiger partial charge in [-0.05, 0) is 79.4 Å². The molecule has 0 radical (unpaired) electrons. The van der Waals surface area contributed by atoms with Gasteiger partial charge in [-0.3, -0.25) is 0 Å². The molecule has 0 N–H and O–H groups in total. The third-order valence-electron chi connectivity index (χ3n) is 6.06. The van der Waals surface area contributed by atoms with Crippen LogP contribution in [0.15, 0.2) is 91.0 Å². The van der Waals surface area contributed by atoms with E-state index in [0.717, 1.165) is 34.0 Å². The van der Waals surface area contributed by atoms with Gasteiger partial charge in [0.2, 0.25) is 0 Å². The van der Waals surface area contributed by atoms with E-state index >= 15 is 0 Å². The van der Waals surface area contributed by atoms with Gasteiger partial charge < -0.3 is 4.74 Å². The highest BCUT2D eigenvalue weighted by atomic mass is 35.5. The van der Waals surface area contributed by atoms with Gasteiger partial charge in [-0.15, -0.1) is 0 Å². The van der Waals surface area contributed by atoms with Gasteiger partial charge in [-0.2, -0.15) is 0 Å². The summed E-state index contributed by atoms with van der Waals surface area (Å²) in [5.41, 5.74) is 6.82. The van der Waals surface area contributed by atoms with Gasteiger partial charge in [-0.25, -0.2) is 9.78 Å². The van der Waals surface area contributed by atoms with Crippen molar-refractivity contribution < 1.29 is 9.53 Å². The molecule has 0 bridgehead atoms. The molecule has 0 saturated heterocycles. The van der Waals surface area contributed by atoms with Crippen LogP contribution >= 0.6 is 23.2 Å². The molecular weight excluding hydrogens is 489 g/mol. The molecule has 0 fully saturated rings. The molecular formula is C31H23Cl2NO2. The molecule has 0 spiro atoms. The maximum absolute atomic E-state index is 13.4. The normalized spacial score (nSPS) is 11.0.